The number of aliphatic hydroxyl groups is 1. The van der Waals surface area contributed by atoms with Crippen molar-refractivity contribution >= 4 is 13.7 Å². The van der Waals surface area contributed by atoms with Crippen LogP contribution in [-0.4, -0.2) is 68.5 Å². The lowest BCUT2D eigenvalue weighted by molar-refractivity contribution is -0.870. The zero-order valence-electron chi connectivity index (χ0n) is 37.6. The predicted octanol–water partition coefficient (Wildman–Crippen LogP) is 12.6. The molecule has 0 radical (unpaired) electrons. The molecule has 0 aliphatic heterocycles. The molecule has 9 heteroatoms. The maximum absolute atomic E-state index is 12.9. The first-order valence-corrected chi connectivity index (χ1v) is 25.2. The average molecular weight is 803 g/mol. The minimum Gasteiger partial charge on any atom is -0.756 e. The van der Waals surface area contributed by atoms with Crippen molar-refractivity contribution in [2.24, 2.45) is 5.92 Å². The van der Waals surface area contributed by atoms with Crippen LogP contribution in [0.25, 0.3) is 0 Å². The molecule has 0 fully saturated rings. The van der Waals surface area contributed by atoms with Gasteiger partial charge in [0, 0.05) is 6.42 Å². The molecule has 0 saturated heterocycles. The molecule has 0 aliphatic carbocycles. The Labute approximate surface area is 342 Å². The lowest BCUT2D eigenvalue weighted by Gasteiger charge is -2.30. The summed E-state index contributed by atoms with van der Waals surface area (Å²) in [6.07, 6.45) is 39.7. The zero-order chi connectivity index (χ0) is 40.9. The summed E-state index contributed by atoms with van der Waals surface area (Å²) < 4.78 is 23.3. The molecule has 0 aromatic rings. The highest BCUT2D eigenvalue weighted by Crippen LogP contribution is 2.38. The Morgan fingerprint density at radius 1 is 0.618 bits per heavy atom. The fourth-order valence-corrected chi connectivity index (χ4v) is 7.92. The highest BCUT2D eigenvalue weighted by atomic mass is 31.2. The molecule has 330 valence electrons. The maximum atomic E-state index is 12.9. The highest BCUT2D eigenvalue weighted by molar-refractivity contribution is 7.45. The second-order valence-electron chi connectivity index (χ2n) is 18.1. The van der Waals surface area contributed by atoms with Gasteiger partial charge in [-0.3, -0.25) is 9.36 Å². The number of likely N-dealkylation sites (N-methyl/N-ethyl adjacent to an activating group) is 1. The van der Waals surface area contributed by atoms with Crippen LogP contribution in [0.2, 0.25) is 0 Å². The average Bonchev–Trinajstić information content (AvgIpc) is 3.13. The first kappa shape index (κ1) is 54.5. The van der Waals surface area contributed by atoms with Gasteiger partial charge < -0.3 is 28.8 Å². The van der Waals surface area contributed by atoms with Crippen LogP contribution in [0.3, 0.4) is 0 Å². The maximum Gasteiger partial charge on any atom is 0.268 e. The van der Waals surface area contributed by atoms with Crippen LogP contribution in [0.15, 0.2) is 0 Å². The predicted molar refractivity (Wildman–Crippen MR) is 233 cm³/mol. The van der Waals surface area contributed by atoms with Gasteiger partial charge in [-0.1, -0.05) is 213 Å². The number of nitrogens with zero attached hydrogens (tertiary/aromatic N) is 1. The van der Waals surface area contributed by atoms with E-state index in [0.29, 0.717) is 23.9 Å². The van der Waals surface area contributed by atoms with Crippen molar-refractivity contribution in [1.29, 1.82) is 0 Å². The van der Waals surface area contributed by atoms with Gasteiger partial charge in [0.1, 0.15) is 13.2 Å². The van der Waals surface area contributed by atoms with Crippen LogP contribution in [0.5, 0.6) is 0 Å². The molecule has 0 saturated carbocycles. The number of carbonyl (C=O) groups excluding carboxylic acids is 1. The lowest BCUT2D eigenvalue weighted by atomic mass is 9.99. The molecule has 0 rings (SSSR count). The van der Waals surface area contributed by atoms with Crippen molar-refractivity contribution < 1.29 is 32.9 Å². The number of hydrogen-bond acceptors (Lipinski definition) is 6. The summed E-state index contributed by atoms with van der Waals surface area (Å²) in [5.74, 6) is 0.671. The van der Waals surface area contributed by atoms with Crippen molar-refractivity contribution in [2.45, 2.75) is 245 Å². The smallest absolute Gasteiger partial charge is 0.268 e. The van der Waals surface area contributed by atoms with Crippen LogP contribution in [0, 0.1) is 5.92 Å². The number of rotatable bonds is 43. The van der Waals surface area contributed by atoms with Gasteiger partial charge >= 0.3 is 0 Å². The zero-order valence-corrected chi connectivity index (χ0v) is 38.5. The molecule has 0 aromatic heterocycles. The quantitative estimate of drug-likeness (QED) is 0.0361. The normalized spacial score (nSPS) is 14.8. The summed E-state index contributed by atoms with van der Waals surface area (Å²) in [4.78, 5) is 25.3. The molecule has 4 atom stereocenters. The number of phosphoric ester groups is 1. The van der Waals surface area contributed by atoms with E-state index in [0.717, 1.165) is 44.4 Å². The van der Waals surface area contributed by atoms with Crippen LogP contribution in [0.1, 0.15) is 233 Å². The van der Waals surface area contributed by atoms with Crippen LogP contribution >= 0.6 is 7.82 Å². The number of hydrogen-bond donors (Lipinski definition) is 2. The van der Waals surface area contributed by atoms with Crippen molar-refractivity contribution in [3.63, 3.8) is 0 Å². The monoisotopic (exact) mass is 803 g/mol. The van der Waals surface area contributed by atoms with Crippen molar-refractivity contribution in [2.75, 3.05) is 40.9 Å². The summed E-state index contributed by atoms with van der Waals surface area (Å²) in [6.45, 7) is 7.08. The molecular formula is C46H95N2O6P. The van der Waals surface area contributed by atoms with E-state index in [1.54, 1.807) is 0 Å². The van der Waals surface area contributed by atoms with E-state index in [-0.39, 0.29) is 19.1 Å². The Bertz CT molecular complexity index is 885. The summed E-state index contributed by atoms with van der Waals surface area (Å²) >= 11 is 0. The largest absolute Gasteiger partial charge is 0.756 e. The number of carbonyl (C=O) groups is 1. The Morgan fingerprint density at radius 3 is 1.40 bits per heavy atom. The van der Waals surface area contributed by atoms with Gasteiger partial charge in [0.15, 0.2) is 0 Å². The Morgan fingerprint density at radius 2 is 1.00 bits per heavy atom. The first-order valence-electron chi connectivity index (χ1n) is 23.8. The van der Waals surface area contributed by atoms with Crippen LogP contribution in [0.4, 0.5) is 0 Å². The summed E-state index contributed by atoms with van der Waals surface area (Å²) in [7, 11) is 1.31. The topological polar surface area (TPSA) is 108 Å². The fourth-order valence-electron chi connectivity index (χ4n) is 7.19. The number of unbranched alkanes of at least 4 members (excludes halogenated alkanes) is 27. The second-order valence-corrected chi connectivity index (χ2v) is 19.5. The lowest BCUT2D eigenvalue weighted by Crippen LogP contribution is -2.46. The van der Waals surface area contributed by atoms with Crippen molar-refractivity contribution in [3.8, 4) is 0 Å². The van der Waals surface area contributed by atoms with Crippen molar-refractivity contribution in [3.05, 3.63) is 0 Å². The number of quaternary nitrogens is 1. The van der Waals surface area contributed by atoms with Crippen molar-refractivity contribution in [1.82, 2.24) is 5.32 Å². The number of amides is 1. The van der Waals surface area contributed by atoms with E-state index in [2.05, 4.69) is 26.1 Å². The van der Waals surface area contributed by atoms with E-state index >= 15 is 0 Å². The standard InChI is InChI=1S/C46H95N2O6P/c1-7-9-10-11-12-13-14-15-16-17-18-19-20-21-22-23-24-25-30-33-36-39-46(50)47-44(42-54-55(51,52)53-41-40-48(4,5)6)45(49)38-35-32-29-27-26-28-31-34-37-43(3)8-2/h43-45,49H,7-42H2,1-6H3,(H-,47,50,51,52)/t43?,44-,45+/m0/s1. The molecule has 0 aliphatic rings. The molecule has 2 N–H and O–H groups in total. The fraction of sp³-hybridized carbons (Fsp3) is 0.978. The first-order chi connectivity index (χ1) is 26.4. The third kappa shape index (κ3) is 40.1. The Balaban J connectivity index is 4.21. The minimum absolute atomic E-state index is 0.0151. The second kappa shape index (κ2) is 37.7. The molecule has 55 heavy (non-hydrogen) atoms. The van der Waals surface area contributed by atoms with Crippen LogP contribution in [-0.2, 0) is 18.4 Å². The molecule has 0 bridgehead atoms. The molecule has 1 amide bonds. The van der Waals surface area contributed by atoms with Gasteiger partial charge in [-0.25, -0.2) is 0 Å². The van der Waals surface area contributed by atoms with Gasteiger partial charge in [0.05, 0.1) is 39.9 Å². The number of nitrogens with one attached hydrogen (secondary N) is 1. The molecular weight excluding hydrogens is 707 g/mol. The Hall–Kier alpha value is -0.500. The molecule has 0 heterocycles. The van der Waals surface area contributed by atoms with Gasteiger partial charge in [0.2, 0.25) is 5.91 Å². The van der Waals surface area contributed by atoms with E-state index < -0.39 is 20.0 Å². The molecule has 8 nitrogen and oxygen atoms in total. The molecule has 0 spiro atoms. The van der Waals surface area contributed by atoms with Crippen LogP contribution < -0.4 is 10.2 Å². The number of phosphoric acid groups is 1. The minimum atomic E-state index is -4.56. The third-order valence-electron chi connectivity index (χ3n) is 11.4. The molecule has 0 aromatic carbocycles. The van der Waals surface area contributed by atoms with Gasteiger partial charge in [-0.15, -0.1) is 0 Å². The summed E-state index contributed by atoms with van der Waals surface area (Å²) in [6, 6.07) is -0.794. The van der Waals surface area contributed by atoms with Gasteiger partial charge in [-0.05, 0) is 18.8 Å². The van der Waals surface area contributed by atoms with E-state index in [4.69, 9.17) is 9.05 Å². The SMILES string of the molecule is CCCCCCCCCCCCCCCCCCCCCCCC(=O)N[C@@H](COP(=O)([O-])OCC[N+](C)(C)C)[C@H](O)CCCCCCCCCCC(C)CC. The van der Waals surface area contributed by atoms with E-state index in [1.807, 2.05) is 21.1 Å². The summed E-state index contributed by atoms with van der Waals surface area (Å²) in [5, 5.41) is 13.9. The van der Waals surface area contributed by atoms with Gasteiger partial charge in [0.25, 0.3) is 7.82 Å². The third-order valence-corrected chi connectivity index (χ3v) is 12.3. The van der Waals surface area contributed by atoms with E-state index in [9.17, 15) is 19.4 Å². The number of aliphatic hydroxyl groups excluding tert-OH is 1. The Kier molecular flexibility index (Phi) is 37.4. The van der Waals surface area contributed by atoms with Gasteiger partial charge in [-0.2, -0.15) is 0 Å². The highest BCUT2D eigenvalue weighted by Gasteiger charge is 2.24. The molecule has 2 unspecified atom stereocenters. The summed E-state index contributed by atoms with van der Waals surface area (Å²) in [5.41, 5.74) is 0. The van der Waals surface area contributed by atoms with E-state index in [1.165, 1.54) is 161 Å².